The van der Waals surface area contributed by atoms with Crippen molar-refractivity contribution in [2.45, 2.75) is 5.88 Å². The first-order chi connectivity index (χ1) is 12.3. The van der Waals surface area contributed by atoms with E-state index in [2.05, 4.69) is 15.4 Å². The lowest BCUT2D eigenvalue weighted by molar-refractivity contribution is 0.102. The smallest absolute Gasteiger partial charge is 0.284 e. The Bertz CT molecular complexity index is 1040. The van der Waals surface area contributed by atoms with Gasteiger partial charge < -0.3 is 5.32 Å². The number of carbonyl (C=O) groups excluding carboxylic acids is 1. The molecule has 4 aromatic rings. The molecule has 1 N–H and O–H groups in total. The minimum atomic E-state index is -0.245. The normalized spacial score (nSPS) is 10.9. The molecule has 0 spiro atoms. The molecule has 0 aliphatic heterocycles. The summed E-state index contributed by atoms with van der Waals surface area (Å²) in [5.74, 6) is 0.0424. The van der Waals surface area contributed by atoms with E-state index in [0.717, 1.165) is 21.6 Å². The highest BCUT2D eigenvalue weighted by Crippen LogP contribution is 2.32. The molecular weight excluding hydrogens is 356 g/mol. The summed E-state index contributed by atoms with van der Waals surface area (Å²) in [4.78, 5) is 17.9. The molecule has 7 heteroatoms. The molecule has 4 rings (SSSR count). The van der Waals surface area contributed by atoms with Crippen LogP contribution in [0.25, 0.3) is 16.8 Å². The van der Waals surface area contributed by atoms with E-state index in [9.17, 15) is 4.79 Å². The topological polar surface area (TPSA) is 59.3 Å². The lowest BCUT2D eigenvalue weighted by atomic mass is 10.2. The summed E-state index contributed by atoms with van der Waals surface area (Å²) in [5.41, 5.74) is 3.23. The van der Waals surface area contributed by atoms with Crippen LogP contribution in [0.3, 0.4) is 0 Å². The minimum Gasteiger partial charge on any atom is -0.320 e. The number of benzene rings is 1. The van der Waals surface area contributed by atoms with Crippen molar-refractivity contribution in [1.29, 1.82) is 0 Å². The summed E-state index contributed by atoms with van der Waals surface area (Å²) in [6.45, 7) is 0. The van der Waals surface area contributed by atoms with Gasteiger partial charge in [-0.2, -0.15) is 5.10 Å². The fourth-order valence-corrected chi connectivity index (χ4v) is 3.68. The Hall–Kier alpha value is -2.70. The highest BCUT2D eigenvalue weighted by Gasteiger charge is 2.20. The van der Waals surface area contributed by atoms with Crippen molar-refractivity contribution in [3.05, 3.63) is 70.8 Å². The van der Waals surface area contributed by atoms with Gasteiger partial charge in [-0.05, 0) is 24.3 Å². The molecule has 3 heterocycles. The van der Waals surface area contributed by atoms with Crippen LogP contribution in [0.2, 0.25) is 0 Å². The number of halogens is 1. The summed E-state index contributed by atoms with van der Waals surface area (Å²) in [7, 11) is 0. The van der Waals surface area contributed by atoms with Crippen LogP contribution in [-0.4, -0.2) is 20.5 Å². The van der Waals surface area contributed by atoms with Gasteiger partial charge in [-0.15, -0.1) is 22.9 Å². The molecule has 3 aromatic heterocycles. The second-order valence-corrected chi connectivity index (χ2v) is 6.68. The van der Waals surface area contributed by atoms with E-state index in [0.29, 0.717) is 10.7 Å². The van der Waals surface area contributed by atoms with Gasteiger partial charge in [-0.25, -0.2) is 9.50 Å². The van der Waals surface area contributed by atoms with Gasteiger partial charge in [0.15, 0.2) is 5.01 Å². The lowest BCUT2D eigenvalue weighted by Gasteiger charge is -2.01. The van der Waals surface area contributed by atoms with Gasteiger partial charge in [-0.3, -0.25) is 4.79 Å². The van der Waals surface area contributed by atoms with Crippen molar-refractivity contribution in [2.75, 3.05) is 5.32 Å². The van der Waals surface area contributed by atoms with Gasteiger partial charge in [0.2, 0.25) is 0 Å². The maximum Gasteiger partial charge on any atom is 0.284 e. The van der Waals surface area contributed by atoms with Crippen LogP contribution < -0.4 is 5.32 Å². The number of thiazole rings is 1. The van der Waals surface area contributed by atoms with Crippen molar-refractivity contribution in [1.82, 2.24) is 14.6 Å². The van der Waals surface area contributed by atoms with Crippen LogP contribution in [0, 0.1) is 0 Å². The molecule has 0 atom stereocenters. The number of pyridine rings is 1. The maximum atomic E-state index is 12.5. The molecular formula is C18H13ClN4OS. The van der Waals surface area contributed by atoms with Gasteiger partial charge in [0.1, 0.15) is 0 Å². The summed E-state index contributed by atoms with van der Waals surface area (Å²) in [6, 6.07) is 15.1. The Morgan fingerprint density at radius 1 is 1.16 bits per heavy atom. The zero-order valence-corrected chi connectivity index (χ0v) is 14.6. The van der Waals surface area contributed by atoms with E-state index in [4.69, 9.17) is 11.6 Å². The van der Waals surface area contributed by atoms with E-state index in [1.54, 1.807) is 10.7 Å². The zero-order chi connectivity index (χ0) is 17.2. The van der Waals surface area contributed by atoms with Crippen LogP contribution in [0.5, 0.6) is 0 Å². The number of alkyl halides is 1. The van der Waals surface area contributed by atoms with E-state index in [-0.39, 0.29) is 11.8 Å². The van der Waals surface area contributed by atoms with Crippen LogP contribution in [-0.2, 0) is 5.88 Å². The maximum absolute atomic E-state index is 12.5. The highest BCUT2D eigenvalue weighted by molar-refractivity contribution is 7.14. The first-order valence-electron chi connectivity index (χ1n) is 7.61. The molecule has 0 aliphatic carbocycles. The van der Waals surface area contributed by atoms with Crippen molar-refractivity contribution < 1.29 is 4.79 Å². The lowest BCUT2D eigenvalue weighted by Crippen LogP contribution is -2.11. The Morgan fingerprint density at radius 3 is 2.76 bits per heavy atom. The Balaban J connectivity index is 1.71. The third kappa shape index (κ3) is 3.01. The Labute approximate surface area is 152 Å². The Kier molecular flexibility index (Phi) is 4.21. The second-order valence-electron chi connectivity index (χ2n) is 5.33. The van der Waals surface area contributed by atoms with Gasteiger partial charge in [0.25, 0.3) is 5.91 Å². The summed E-state index contributed by atoms with van der Waals surface area (Å²) in [5, 5.41) is 7.56. The molecule has 0 fully saturated rings. The van der Waals surface area contributed by atoms with Gasteiger partial charge >= 0.3 is 0 Å². The van der Waals surface area contributed by atoms with Crippen LogP contribution in [0.15, 0.2) is 60.9 Å². The van der Waals surface area contributed by atoms with E-state index in [1.807, 2.05) is 54.7 Å². The number of nitrogens with zero attached hydrogens (tertiary/aromatic N) is 3. The number of aromatic nitrogens is 3. The molecule has 1 aromatic carbocycles. The van der Waals surface area contributed by atoms with Crippen LogP contribution >= 0.6 is 22.9 Å². The highest BCUT2D eigenvalue weighted by atomic mass is 35.5. The molecule has 5 nitrogen and oxygen atoms in total. The predicted molar refractivity (Wildman–Crippen MR) is 100 cm³/mol. The SMILES string of the molecule is O=C(Nc1ccccc1)c1nc(-c2cnn3ccccc23)c(CCl)s1. The van der Waals surface area contributed by atoms with Gasteiger partial charge in [0.05, 0.1) is 23.3 Å². The first kappa shape index (κ1) is 15.8. The molecule has 0 unspecified atom stereocenters. The number of carbonyl (C=O) groups is 1. The number of rotatable bonds is 4. The minimum absolute atomic E-state index is 0.245. The van der Waals surface area contributed by atoms with Crippen molar-refractivity contribution in [3.8, 4) is 11.3 Å². The van der Waals surface area contributed by atoms with Crippen molar-refractivity contribution in [2.24, 2.45) is 0 Å². The van der Waals surface area contributed by atoms with E-state index < -0.39 is 0 Å². The number of anilines is 1. The van der Waals surface area contributed by atoms with Crippen LogP contribution in [0.4, 0.5) is 5.69 Å². The molecule has 0 saturated carbocycles. The number of nitrogens with one attached hydrogen (secondary N) is 1. The summed E-state index contributed by atoms with van der Waals surface area (Å²) < 4.78 is 1.77. The third-order valence-corrected chi connectivity index (χ3v) is 5.21. The third-order valence-electron chi connectivity index (χ3n) is 3.73. The monoisotopic (exact) mass is 368 g/mol. The standard InChI is InChI=1S/C18H13ClN4OS/c19-10-15-16(13-11-20-23-9-5-4-8-14(13)23)22-18(25-15)17(24)21-12-6-2-1-3-7-12/h1-9,11H,10H2,(H,21,24). The zero-order valence-electron chi connectivity index (χ0n) is 13.0. The number of hydrogen-bond acceptors (Lipinski definition) is 4. The molecule has 0 radical (unpaired) electrons. The number of hydrogen-bond donors (Lipinski definition) is 1. The quantitative estimate of drug-likeness (QED) is 0.541. The summed E-state index contributed by atoms with van der Waals surface area (Å²) in [6.07, 6.45) is 3.62. The fourth-order valence-electron chi connectivity index (χ4n) is 2.57. The average Bonchev–Trinajstić information content (AvgIpc) is 3.26. The number of amides is 1. The molecule has 124 valence electrons. The predicted octanol–water partition coefficient (Wildman–Crippen LogP) is 4.45. The van der Waals surface area contributed by atoms with Crippen LogP contribution in [0.1, 0.15) is 14.7 Å². The molecule has 25 heavy (non-hydrogen) atoms. The van der Waals surface area contributed by atoms with E-state index >= 15 is 0 Å². The largest absolute Gasteiger partial charge is 0.320 e. The number of para-hydroxylation sites is 1. The molecule has 0 aliphatic rings. The second kappa shape index (κ2) is 6.66. The molecule has 0 bridgehead atoms. The van der Waals surface area contributed by atoms with Crippen molar-refractivity contribution in [3.63, 3.8) is 0 Å². The number of fused-ring (bicyclic) bond motifs is 1. The van der Waals surface area contributed by atoms with Gasteiger partial charge in [0, 0.05) is 22.3 Å². The first-order valence-corrected chi connectivity index (χ1v) is 8.96. The van der Waals surface area contributed by atoms with E-state index in [1.165, 1.54) is 11.3 Å². The molecule has 0 saturated heterocycles. The van der Waals surface area contributed by atoms with Crippen molar-refractivity contribution >= 4 is 40.0 Å². The van der Waals surface area contributed by atoms with Gasteiger partial charge in [-0.1, -0.05) is 24.3 Å². The Morgan fingerprint density at radius 2 is 1.96 bits per heavy atom. The average molecular weight is 369 g/mol. The fraction of sp³-hybridized carbons (Fsp3) is 0.0556. The summed E-state index contributed by atoms with van der Waals surface area (Å²) >= 11 is 7.39. The molecule has 1 amide bonds.